The monoisotopic (exact) mass is 442 g/mol. The van der Waals surface area contributed by atoms with Crippen LogP contribution in [0.3, 0.4) is 0 Å². The molecular formula is C19H18ClF3N4O3. The molecule has 0 unspecified atom stereocenters. The van der Waals surface area contributed by atoms with Gasteiger partial charge in [0, 0.05) is 24.4 Å². The first-order valence-corrected chi connectivity index (χ1v) is 9.30. The highest BCUT2D eigenvalue weighted by molar-refractivity contribution is 6.31. The minimum absolute atomic E-state index is 0.0612. The molecule has 0 fully saturated rings. The van der Waals surface area contributed by atoms with Crippen LogP contribution >= 0.6 is 11.6 Å². The maximum absolute atomic E-state index is 12.6. The van der Waals surface area contributed by atoms with E-state index in [9.17, 15) is 23.1 Å². The second kappa shape index (κ2) is 8.99. The molecule has 0 aliphatic carbocycles. The zero-order valence-electron chi connectivity index (χ0n) is 15.5. The predicted molar refractivity (Wildman–Crippen MR) is 104 cm³/mol. The highest BCUT2D eigenvalue weighted by atomic mass is 35.5. The summed E-state index contributed by atoms with van der Waals surface area (Å²) in [5.41, 5.74) is 0.116. The number of aromatic nitrogens is 2. The lowest BCUT2D eigenvalue weighted by molar-refractivity contribution is -0.137. The van der Waals surface area contributed by atoms with Gasteiger partial charge in [-0.15, -0.1) is 0 Å². The third-order valence-electron chi connectivity index (χ3n) is 4.52. The number of carbonyl (C=O) groups excluding carboxylic acids is 1. The van der Waals surface area contributed by atoms with Crippen LogP contribution in [0.5, 0.6) is 0 Å². The highest BCUT2D eigenvalue weighted by Gasteiger charge is 2.30. The van der Waals surface area contributed by atoms with Crippen LogP contribution < -0.4 is 10.2 Å². The number of halogens is 4. The van der Waals surface area contributed by atoms with E-state index in [-0.39, 0.29) is 16.5 Å². The summed E-state index contributed by atoms with van der Waals surface area (Å²) in [6.45, 7) is 0.239. The summed E-state index contributed by atoms with van der Waals surface area (Å²) >= 11 is 6.13. The van der Waals surface area contributed by atoms with Gasteiger partial charge in [-0.2, -0.15) is 13.2 Å². The molecule has 1 aliphatic rings. The van der Waals surface area contributed by atoms with Crippen LogP contribution in [0.15, 0.2) is 42.1 Å². The van der Waals surface area contributed by atoms with E-state index in [1.54, 1.807) is 11.0 Å². The Morgan fingerprint density at radius 1 is 1.30 bits per heavy atom. The summed E-state index contributed by atoms with van der Waals surface area (Å²) in [4.78, 5) is 22.4. The number of anilines is 2. The summed E-state index contributed by atoms with van der Waals surface area (Å²) in [7, 11) is 0. The van der Waals surface area contributed by atoms with Crippen molar-refractivity contribution in [2.24, 2.45) is 0 Å². The maximum atomic E-state index is 12.6. The Morgan fingerprint density at radius 2 is 2.00 bits per heavy atom. The van der Waals surface area contributed by atoms with Gasteiger partial charge in [0.2, 0.25) is 0 Å². The lowest BCUT2D eigenvalue weighted by Crippen LogP contribution is -2.32. The first-order chi connectivity index (χ1) is 14.2. The Bertz CT molecular complexity index is 951. The molecule has 3 N–H and O–H groups in total. The number of hydrogen-bond acceptors (Lipinski definition) is 6. The number of benzene rings is 1. The molecule has 1 aliphatic heterocycles. The van der Waals surface area contributed by atoms with Crippen molar-refractivity contribution in [2.45, 2.75) is 18.7 Å². The molecule has 2 aromatic rings. The molecule has 1 amide bonds. The zero-order chi connectivity index (χ0) is 21.9. The molecule has 0 saturated heterocycles. The molecule has 30 heavy (non-hydrogen) atoms. The number of carbonyl (C=O) groups is 1. The Morgan fingerprint density at radius 3 is 2.53 bits per heavy atom. The predicted octanol–water partition coefficient (Wildman–Crippen LogP) is 2.95. The van der Waals surface area contributed by atoms with E-state index < -0.39 is 30.4 Å². The van der Waals surface area contributed by atoms with E-state index in [1.165, 1.54) is 18.3 Å². The minimum Gasteiger partial charge on any atom is -0.393 e. The number of aliphatic hydroxyl groups is 2. The molecule has 0 radical (unpaired) electrons. The minimum atomic E-state index is -4.43. The molecule has 1 aromatic carbocycles. The van der Waals surface area contributed by atoms with Crippen LogP contribution in [0.25, 0.3) is 0 Å². The molecule has 2 heterocycles. The van der Waals surface area contributed by atoms with Crippen molar-refractivity contribution in [1.29, 1.82) is 0 Å². The zero-order valence-corrected chi connectivity index (χ0v) is 16.3. The van der Waals surface area contributed by atoms with E-state index in [0.29, 0.717) is 30.9 Å². The molecule has 11 heteroatoms. The van der Waals surface area contributed by atoms with Gasteiger partial charge in [-0.05, 0) is 30.7 Å². The van der Waals surface area contributed by atoms with E-state index in [2.05, 4.69) is 15.3 Å². The first kappa shape index (κ1) is 22.0. The Hall–Kier alpha value is -2.69. The summed E-state index contributed by atoms with van der Waals surface area (Å²) < 4.78 is 37.8. The smallest absolute Gasteiger partial charge is 0.393 e. The van der Waals surface area contributed by atoms with Gasteiger partial charge in [-0.1, -0.05) is 17.7 Å². The molecule has 7 nitrogen and oxygen atoms in total. The number of aliphatic hydroxyl groups excluding tert-OH is 2. The van der Waals surface area contributed by atoms with Crippen molar-refractivity contribution in [3.63, 3.8) is 0 Å². The van der Waals surface area contributed by atoms with Crippen LogP contribution in [0.4, 0.5) is 24.7 Å². The average Bonchev–Trinajstić information content (AvgIpc) is 2.73. The molecule has 1 atom stereocenters. The summed E-state index contributed by atoms with van der Waals surface area (Å²) in [6.07, 6.45) is -2.25. The summed E-state index contributed by atoms with van der Waals surface area (Å²) in [5, 5.41) is 21.2. The fraction of sp³-hybridized carbons (Fsp3) is 0.316. The van der Waals surface area contributed by atoms with Crippen molar-refractivity contribution < 1.29 is 28.2 Å². The van der Waals surface area contributed by atoms with Crippen molar-refractivity contribution in [3.8, 4) is 0 Å². The molecule has 3 rings (SSSR count). The summed E-state index contributed by atoms with van der Waals surface area (Å²) in [5.74, 6) is -0.0167. The van der Waals surface area contributed by atoms with Gasteiger partial charge >= 0.3 is 6.18 Å². The molecule has 160 valence electrons. The van der Waals surface area contributed by atoms with E-state index >= 15 is 0 Å². The van der Waals surface area contributed by atoms with Crippen LogP contribution in [-0.2, 0) is 11.0 Å². The van der Waals surface area contributed by atoms with Crippen LogP contribution in [0.1, 0.15) is 23.8 Å². The Kier molecular flexibility index (Phi) is 6.59. The Balaban J connectivity index is 1.63. The second-order valence-corrected chi connectivity index (χ2v) is 6.92. The van der Waals surface area contributed by atoms with E-state index in [0.717, 1.165) is 12.1 Å². The van der Waals surface area contributed by atoms with Gasteiger partial charge < -0.3 is 20.4 Å². The molecular weight excluding hydrogens is 425 g/mol. The molecule has 1 aromatic heterocycles. The largest absolute Gasteiger partial charge is 0.416 e. The fourth-order valence-corrected chi connectivity index (χ4v) is 3.13. The van der Waals surface area contributed by atoms with Crippen molar-refractivity contribution in [1.82, 2.24) is 9.97 Å². The SMILES string of the molecule is O=C(Nc1ccc(C(F)(F)F)cc1)C1=CCN(c2ncc([C@H](O)CO)nc2Cl)CC1. The van der Waals surface area contributed by atoms with Crippen molar-refractivity contribution >= 4 is 29.0 Å². The lowest BCUT2D eigenvalue weighted by Gasteiger charge is -2.27. The average molecular weight is 443 g/mol. The quantitative estimate of drug-likeness (QED) is 0.658. The normalized spacial score (nSPS) is 15.5. The van der Waals surface area contributed by atoms with Gasteiger partial charge in [-0.3, -0.25) is 4.79 Å². The number of rotatable bonds is 5. The van der Waals surface area contributed by atoms with Crippen LogP contribution in [0.2, 0.25) is 5.15 Å². The fourth-order valence-electron chi connectivity index (χ4n) is 2.86. The number of nitrogens with one attached hydrogen (secondary N) is 1. The number of nitrogens with zero attached hydrogens (tertiary/aromatic N) is 3. The van der Waals surface area contributed by atoms with Gasteiger partial charge in [-0.25, -0.2) is 9.97 Å². The van der Waals surface area contributed by atoms with Gasteiger partial charge in [0.1, 0.15) is 6.10 Å². The Labute approximate surface area is 174 Å². The summed E-state index contributed by atoms with van der Waals surface area (Å²) in [6, 6.07) is 4.22. The molecule has 0 spiro atoms. The van der Waals surface area contributed by atoms with Gasteiger partial charge in [0.25, 0.3) is 5.91 Å². The third-order valence-corrected chi connectivity index (χ3v) is 4.77. The third kappa shape index (κ3) is 5.07. The number of amides is 1. The van der Waals surface area contributed by atoms with E-state index in [1.807, 2.05) is 0 Å². The van der Waals surface area contributed by atoms with E-state index in [4.69, 9.17) is 16.7 Å². The van der Waals surface area contributed by atoms with Crippen LogP contribution in [0, 0.1) is 0 Å². The standard InChI is InChI=1S/C19H18ClF3N4O3/c20-16-17(24-9-14(26-16)15(29)10-28)27-7-5-11(6-8-27)18(30)25-13-3-1-12(2-4-13)19(21,22)23/h1-5,9,15,28-29H,6-8,10H2,(H,25,30)/t15-/m1/s1. The van der Waals surface area contributed by atoms with Crippen molar-refractivity contribution in [3.05, 3.63) is 58.5 Å². The second-order valence-electron chi connectivity index (χ2n) is 6.56. The first-order valence-electron chi connectivity index (χ1n) is 8.93. The lowest BCUT2D eigenvalue weighted by atomic mass is 10.1. The molecule has 0 saturated carbocycles. The molecule has 0 bridgehead atoms. The van der Waals surface area contributed by atoms with Gasteiger partial charge in [0.05, 0.1) is 24.1 Å². The van der Waals surface area contributed by atoms with Crippen molar-refractivity contribution in [2.75, 3.05) is 29.9 Å². The number of alkyl halides is 3. The topological polar surface area (TPSA) is 98.6 Å². The van der Waals surface area contributed by atoms with Crippen LogP contribution in [-0.4, -0.2) is 45.8 Å². The highest BCUT2D eigenvalue weighted by Crippen LogP contribution is 2.30. The van der Waals surface area contributed by atoms with Gasteiger partial charge in [0.15, 0.2) is 11.0 Å². The maximum Gasteiger partial charge on any atom is 0.416 e. The number of hydrogen-bond donors (Lipinski definition) is 3.